The first-order valence-corrected chi connectivity index (χ1v) is 7.28. The van der Waals surface area contributed by atoms with Crippen molar-refractivity contribution in [2.45, 2.75) is 26.3 Å². The van der Waals surface area contributed by atoms with Crippen molar-refractivity contribution in [1.29, 1.82) is 0 Å². The fourth-order valence-electron chi connectivity index (χ4n) is 2.32. The van der Waals surface area contributed by atoms with Crippen molar-refractivity contribution in [3.63, 3.8) is 0 Å². The maximum absolute atomic E-state index is 12.5. The minimum atomic E-state index is 0.0636. The van der Waals surface area contributed by atoms with Crippen LogP contribution in [0.3, 0.4) is 0 Å². The molecule has 1 aromatic carbocycles. The van der Waals surface area contributed by atoms with Gasteiger partial charge in [0.25, 0.3) is 5.91 Å². The van der Waals surface area contributed by atoms with E-state index in [2.05, 4.69) is 19.2 Å². The number of ether oxygens (including phenoxy) is 1. The summed E-state index contributed by atoms with van der Waals surface area (Å²) in [5, 5.41) is 3.29. The lowest BCUT2D eigenvalue weighted by Crippen LogP contribution is -2.38. The van der Waals surface area contributed by atoms with Gasteiger partial charge in [0, 0.05) is 25.2 Å². The molecular weight excluding hydrogens is 252 g/mol. The van der Waals surface area contributed by atoms with Crippen LogP contribution in [0.4, 0.5) is 0 Å². The van der Waals surface area contributed by atoms with Gasteiger partial charge in [-0.1, -0.05) is 19.9 Å². The summed E-state index contributed by atoms with van der Waals surface area (Å²) in [4.78, 5) is 14.3. The number of carbonyl (C=O) groups excluding carboxylic acids is 1. The fourth-order valence-corrected chi connectivity index (χ4v) is 2.32. The van der Waals surface area contributed by atoms with E-state index in [0.29, 0.717) is 24.1 Å². The predicted octanol–water partition coefficient (Wildman–Crippen LogP) is 2.16. The van der Waals surface area contributed by atoms with Crippen LogP contribution in [0.25, 0.3) is 0 Å². The normalized spacial score (nSPS) is 18.3. The average Bonchev–Trinajstić information content (AvgIpc) is 2.98. The summed E-state index contributed by atoms with van der Waals surface area (Å²) >= 11 is 0. The Morgan fingerprint density at radius 2 is 2.30 bits per heavy atom. The summed E-state index contributed by atoms with van der Waals surface area (Å²) in [6.07, 6.45) is 1.02. The molecule has 1 atom stereocenters. The van der Waals surface area contributed by atoms with Crippen LogP contribution < -0.4 is 10.1 Å². The number of benzene rings is 1. The van der Waals surface area contributed by atoms with Crippen LogP contribution in [0.15, 0.2) is 24.3 Å². The van der Waals surface area contributed by atoms with Crippen LogP contribution in [-0.4, -0.2) is 43.6 Å². The third-order valence-corrected chi connectivity index (χ3v) is 3.57. The summed E-state index contributed by atoms with van der Waals surface area (Å²) < 4.78 is 5.68. The van der Waals surface area contributed by atoms with Crippen LogP contribution in [0.1, 0.15) is 30.6 Å². The largest absolute Gasteiger partial charge is 0.493 e. The van der Waals surface area contributed by atoms with Crippen molar-refractivity contribution in [3.05, 3.63) is 29.8 Å². The van der Waals surface area contributed by atoms with Gasteiger partial charge in [-0.3, -0.25) is 4.79 Å². The molecule has 1 aliphatic rings. The number of nitrogens with one attached hydrogen (secondary N) is 1. The molecule has 1 fully saturated rings. The molecule has 1 aliphatic heterocycles. The van der Waals surface area contributed by atoms with Crippen LogP contribution in [0, 0.1) is 5.92 Å². The van der Waals surface area contributed by atoms with E-state index < -0.39 is 0 Å². The molecule has 1 saturated heterocycles. The second-order valence-electron chi connectivity index (χ2n) is 5.80. The molecule has 0 bridgehead atoms. The average molecular weight is 276 g/mol. The van der Waals surface area contributed by atoms with E-state index in [4.69, 9.17) is 4.74 Å². The van der Waals surface area contributed by atoms with Gasteiger partial charge in [0.2, 0.25) is 0 Å². The summed E-state index contributed by atoms with van der Waals surface area (Å²) in [6.45, 7) is 6.75. The Kier molecular flexibility index (Phi) is 5.01. The van der Waals surface area contributed by atoms with Crippen molar-refractivity contribution in [2.24, 2.45) is 5.92 Å². The molecule has 0 aliphatic carbocycles. The third kappa shape index (κ3) is 3.73. The molecule has 1 heterocycles. The zero-order valence-electron chi connectivity index (χ0n) is 12.6. The molecule has 0 saturated carbocycles. The Morgan fingerprint density at radius 3 is 2.95 bits per heavy atom. The Morgan fingerprint density at radius 1 is 1.50 bits per heavy atom. The van der Waals surface area contributed by atoms with Gasteiger partial charge in [-0.05, 0) is 37.1 Å². The Labute approximate surface area is 121 Å². The monoisotopic (exact) mass is 276 g/mol. The van der Waals surface area contributed by atoms with Gasteiger partial charge in [0.15, 0.2) is 0 Å². The van der Waals surface area contributed by atoms with Gasteiger partial charge in [-0.2, -0.15) is 0 Å². The molecule has 4 nitrogen and oxygen atoms in total. The zero-order chi connectivity index (χ0) is 14.5. The zero-order valence-corrected chi connectivity index (χ0v) is 12.6. The molecule has 20 heavy (non-hydrogen) atoms. The Balaban J connectivity index is 2.03. The van der Waals surface area contributed by atoms with E-state index in [-0.39, 0.29) is 5.91 Å². The van der Waals surface area contributed by atoms with E-state index in [1.54, 1.807) is 0 Å². The third-order valence-electron chi connectivity index (χ3n) is 3.57. The molecule has 4 heteroatoms. The van der Waals surface area contributed by atoms with Crippen molar-refractivity contribution >= 4 is 5.91 Å². The van der Waals surface area contributed by atoms with Crippen molar-refractivity contribution in [3.8, 4) is 5.75 Å². The van der Waals surface area contributed by atoms with Gasteiger partial charge in [0.05, 0.1) is 6.61 Å². The summed E-state index contributed by atoms with van der Waals surface area (Å²) in [7, 11) is 1.88. The van der Waals surface area contributed by atoms with Crippen LogP contribution >= 0.6 is 0 Å². The fraction of sp³-hybridized carbons (Fsp3) is 0.562. The molecule has 1 unspecified atom stereocenters. The predicted molar refractivity (Wildman–Crippen MR) is 80.1 cm³/mol. The molecular formula is C16H24N2O2. The van der Waals surface area contributed by atoms with Gasteiger partial charge in [-0.25, -0.2) is 0 Å². The van der Waals surface area contributed by atoms with Crippen molar-refractivity contribution in [1.82, 2.24) is 10.2 Å². The van der Waals surface area contributed by atoms with Gasteiger partial charge in [-0.15, -0.1) is 0 Å². The highest BCUT2D eigenvalue weighted by Crippen LogP contribution is 2.17. The van der Waals surface area contributed by atoms with E-state index in [0.717, 1.165) is 25.3 Å². The Bertz CT molecular complexity index is 454. The molecule has 1 N–H and O–H groups in total. The minimum absolute atomic E-state index is 0.0636. The highest BCUT2D eigenvalue weighted by Gasteiger charge is 2.24. The first kappa shape index (κ1) is 14.9. The number of carbonyl (C=O) groups is 1. The number of likely N-dealkylation sites (N-methyl/N-ethyl adjacent to an activating group) is 1. The molecule has 110 valence electrons. The smallest absolute Gasteiger partial charge is 0.254 e. The van der Waals surface area contributed by atoms with Crippen LogP contribution in [-0.2, 0) is 0 Å². The molecule has 0 spiro atoms. The first-order valence-electron chi connectivity index (χ1n) is 7.28. The number of hydrogen-bond donors (Lipinski definition) is 1. The highest BCUT2D eigenvalue weighted by atomic mass is 16.5. The van der Waals surface area contributed by atoms with E-state index in [1.807, 2.05) is 36.2 Å². The second kappa shape index (κ2) is 6.75. The minimum Gasteiger partial charge on any atom is -0.493 e. The van der Waals surface area contributed by atoms with Gasteiger partial charge < -0.3 is 15.0 Å². The highest BCUT2D eigenvalue weighted by molar-refractivity contribution is 5.94. The lowest BCUT2D eigenvalue weighted by atomic mass is 10.1. The number of nitrogens with zero attached hydrogens (tertiary/aromatic N) is 1. The standard InChI is InChI=1S/C16H24N2O2/c1-12(2)11-20-15-6-4-5-13(9-15)16(19)18(3)14-7-8-17-10-14/h4-6,9,12,14,17H,7-8,10-11H2,1-3H3. The van der Waals surface area contributed by atoms with Gasteiger partial charge in [0.1, 0.15) is 5.75 Å². The Hall–Kier alpha value is -1.55. The van der Waals surface area contributed by atoms with E-state index >= 15 is 0 Å². The van der Waals surface area contributed by atoms with E-state index in [1.165, 1.54) is 0 Å². The maximum Gasteiger partial charge on any atom is 0.254 e. The summed E-state index contributed by atoms with van der Waals surface area (Å²) in [6, 6.07) is 7.76. The maximum atomic E-state index is 12.5. The lowest BCUT2D eigenvalue weighted by Gasteiger charge is -2.24. The van der Waals surface area contributed by atoms with Crippen LogP contribution in [0.2, 0.25) is 0 Å². The number of amides is 1. The van der Waals surface area contributed by atoms with Gasteiger partial charge >= 0.3 is 0 Å². The van der Waals surface area contributed by atoms with Crippen molar-refractivity contribution < 1.29 is 9.53 Å². The second-order valence-corrected chi connectivity index (χ2v) is 5.80. The molecule has 1 amide bonds. The molecule has 0 aromatic heterocycles. The van der Waals surface area contributed by atoms with Crippen molar-refractivity contribution in [2.75, 3.05) is 26.7 Å². The quantitative estimate of drug-likeness (QED) is 0.896. The summed E-state index contributed by atoms with van der Waals surface area (Å²) in [5.74, 6) is 1.30. The molecule has 2 rings (SSSR count). The lowest BCUT2D eigenvalue weighted by molar-refractivity contribution is 0.0743. The molecule has 0 radical (unpaired) electrons. The topological polar surface area (TPSA) is 41.6 Å². The first-order chi connectivity index (χ1) is 9.58. The SMILES string of the molecule is CC(C)COc1cccc(C(=O)N(C)C2CCNC2)c1. The number of hydrogen-bond acceptors (Lipinski definition) is 3. The van der Waals surface area contributed by atoms with E-state index in [9.17, 15) is 4.79 Å². The summed E-state index contributed by atoms with van der Waals surface area (Å²) in [5.41, 5.74) is 0.695. The number of rotatable bonds is 5. The molecule has 1 aromatic rings. The van der Waals surface area contributed by atoms with Crippen LogP contribution in [0.5, 0.6) is 5.75 Å².